The van der Waals surface area contributed by atoms with E-state index in [-0.39, 0.29) is 40.3 Å². The molecular formula is C24H21F3N8S. The van der Waals surface area contributed by atoms with Crippen molar-refractivity contribution in [3.05, 3.63) is 101 Å². The first-order valence-electron chi connectivity index (χ1n) is 10.7. The summed E-state index contributed by atoms with van der Waals surface area (Å²) in [6, 6.07) is 18.1. The summed E-state index contributed by atoms with van der Waals surface area (Å²) < 4.78 is 40.2. The van der Waals surface area contributed by atoms with Gasteiger partial charge in [-0.3, -0.25) is 10.9 Å². The summed E-state index contributed by atoms with van der Waals surface area (Å²) in [6.45, 7) is 0.670. The number of nitrogens with zero attached hydrogens (tertiary/aromatic N) is 3. The van der Waals surface area contributed by atoms with Gasteiger partial charge in [0.25, 0.3) is 0 Å². The maximum atomic E-state index is 13.9. The highest BCUT2D eigenvalue weighted by molar-refractivity contribution is 7.80. The predicted molar refractivity (Wildman–Crippen MR) is 137 cm³/mol. The molecule has 1 heterocycles. The second kappa shape index (κ2) is 11.8. The molecule has 1 aromatic heterocycles. The van der Waals surface area contributed by atoms with Gasteiger partial charge in [0.05, 0.1) is 5.69 Å². The minimum atomic E-state index is -0.457. The Bertz CT molecular complexity index is 1250. The third kappa shape index (κ3) is 7.27. The fraction of sp³-hybridized carbons (Fsp3) is 0.0833. The normalized spacial score (nSPS) is 10.4. The number of rotatable bonds is 9. The Hall–Kier alpha value is -4.45. The molecule has 184 valence electrons. The Morgan fingerprint density at radius 3 is 1.69 bits per heavy atom. The number of thiocarbonyl (C=S) groups is 1. The van der Waals surface area contributed by atoms with Gasteiger partial charge in [0.2, 0.25) is 17.8 Å². The molecule has 4 rings (SSSR count). The van der Waals surface area contributed by atoms with Crippen LogP contribution in [0.1, 0.15) is 11.1 Å². The van der Waals surface area contributed by atoms with E-state index >= 15 is 0 Å². The molecule has 36 heavy (non-hydrogen) atoms. The third-order valence-electron chi connectivity index (χ3n) is 4.77. The molecule has 8 nitrogen and oxygen atoms in total. The Morgan fingerprint density at radius 1 is 0.667 bits per heavy atom. The van der Waals surface area contributed by atoms with Crippen molar-refractivity contribution in [3.8, 4) is 0 Å². The molecule has 4 aromatic rings. The zero-order valence-electron chi connectivity index (χ0n) is 18.7. The summed E-state index contributed by atoms with van der Waals surface area (Å²) in [4.78, 5) is 12.9. The first kappa shape index (κ1) is 24.7. The largest absolute Gasteiger partial charge is 0.350 e. The second-order valence-corrected chi connectivity index (χ2v) is 7.86. The van der Waals surface area contributed by atoms with Gasteiger partial charge in [0, 0.05) is 13.1 Å². The zero-order valence-corrected chi connectivity index (χ0v) is 19.5. The maximum Gasteiger partial charge on any atom is 0.248 e. The van der Waals surface area contributed by atoms with Crippen LogP contribution in [-0.2, 0) is 13.1 Å². The van der Waals surface area contributed by atoms with Gasteiger partial charge >= 0.3 is 0 Å². The van der Waals surface area contributed by atoms with Gasteiger partial charge in [-0.15, -0.1) is 0 Å². The number of hydrogen-bond donors (Lipinski definition) is 5. The van der Waals surface area contributed by atoms with E-state index in [1.165, 1.54) is 30.3 Å². The maximum absolute atomic E-state index is 13.9. The lowest BCUT2D eigenvalue weighted by molar-refractivity contribution is 0.626. The minimum absolute atomic E-state index is 0.0853. The molecule has 0 unspecified atom stereocenters. The predicted octanol–water partition coefficient (Wildman–Crippen LogP) is 4.83. The standard InChI is InChI=1S/C24H21F3N8S/c25-17-9-5-15(6-10-17)13-28-21-31-22(29-14-16-7-11-18(26)12-8-16)33-23(32-21)34-35-24(36)30-20-4-2-1-3-19(20)27/h1-12H,13-14H2,(H2,30,35,36)(H3,28,29,31,32,33,34). The molecule has 0 aliphatic rings. The van der Waals surface area contributed by atoms with E-state index < -0.39 is 5.82 Å². The van der Waals surface area contributed by atoms with Gasteiger partial charge in [-0.1, -0.05) is 36.4 Å². The Balaban J connectivity index is 1.44. The number of benzene rings is 3. The Labute approximate surface area is 210 Å². The van der Waals surface area contributed by atoms with E-state index in [9.17, 15) is 13.2 Å². The highest BCUT2D eigenvalue weighted by Crippen LogP contribution is 2.14. The second-order valence-electron chi connectivity index (χ2n) is 7.45. The van der Waals surface area contributed by atoms with Crippen LogP contribution >= 0.6 is 12.2 Å². The van der Waals surface area contributed by atoms with Crippen molar-refractivity contribution in [2.75, 3.05) is 21.4 Å². The quantitative estimate of drug-likeness (QED) is 0.160. The Morgan fingerprint density at radius 2 is 1.17 bits per heavy atom. The molecule has 0 bridgehead atoms. The van der Waals surface area contributed by atoms with E-state index in [0.717, 1.165) is 11.1 Å². The molecule has 0 saturated heterocycles. The van der Waals surface area contributed by atoms with Crippen molar-refractivity contribution < 1.29 is 13.2 Å². The fourth-order valence-corrected chi connectivity index (χ4v) is 3.15. The van der Waals surface area contributed by atoms with Crippen LogP contribution in [0.25, 0.3) is 0 Å². The molecular weight excluding hydrogens is 489 g/mol. The summed E-state index contributed by atoms with van der Waals surface area (Å²) in [6.07, 6.45) is 0. The fourth-order valence-electron chi connectivity index (χ4n) is 2.99. The number of aromatic nitrogens is 3. The summed E-state index contributed by atoms with van der Waals surface area (Å²) in [7, 11) is 0. The lowest BCUT2D eigenvalue weighted by atomic mass is 10.2. The highest BCUT2D eigenvalue weighted by atomic mass is 32.1. The SMILES string of the molecule is Fc1ccc(CNc2nc(NCc3ccc(F)cc3)nc(NNC(=S)Nc3ccccc3F)n2)cc1. The van der Waals surface area contributed by atoms with Crippen LogP contribution in [0.5, 0.6) is 0 Å². The smallest absolute Gasteiger partial charge is 0.248 e. The molecule has 0 radical (unpaired) electrons. The van der Waals surface area contributed by atoms with E-state index in [1.807, 2.05) is 0 Å². The molecule has 5 N–H and O–H groups in total. The van der Waals surface area contributed by atoms with Gasteiger partial charge in [-0.25, -0.2) is 13.2 Å². The van der Waals surface area contributed by atoms with Gasteiger partial charge < -0.3 is 16.0 Å². The van der Waals surface area contributed by atoms with Crippen molar-refractivity contribution >= 4 is 40.9 Å². The van der Waals surface area contributed by atoms with Gasteiger partial charge in [-0.05, 0) is 59.7 Å². The summed E-state index contributed by atoms with van der Waals surface area (Å²) in [5.41, 5.74) is 7.30. The molecule has 0 amide bonds. The Kier molecular flexibility index (Phi) is 8.08. The van der Waals surface area contributed by atoms with Crippen molar-refractivity contribution in [2.45, 2.75) is 13.1 Å². The topological polar surface area (TPSA) is 98.8 Å². The molecule has 0 fully saturated rings. The van der Waals surface area contributed by atoms with E-state index in [4.69, 9.17) is 12.2 Å². The molecule has 0 aliphatic heterocycles. The van der Waals surface area contributed by atoms with Crippen LogP contribution < -0.4 is 26.8 Å². The van der Waals surface area contributed by atoms with Crippen LogP contribution in [-0.4, -0.2) is 20.1 Å². The number of para-hydroxylation sites is 1. The monoisotopic (exact) mass is 510 g/mol. The first-order chi connectivity index (χ1) is 17.4. The van der Waals surface area contributed by atoms with Crippen molar-refractivity contribution in [3.63, 3.8) is 0 Å². The van der Waals surface area contributed by atoms with Crippen LogP contribution in [0.4, 0.5) is 36.7 Å². The molecule has 3 aromatic carbocycles. The van der Waals surface area contributed by atoms with Crippen LogP contribution in [0.3, 0.4) is 0 Å². The number of anilines is 4. The van der Waals surface area contributed by atoms with Gasteiger partial charge in [0.15, 0.2) is 5.11 Å². The van der Waals surface area contributed by atoms with Gasteiger partial charge in [-0.2, -0.15) is 15.0 Å². The summed E-state index contributed by atoms with van der Waals surface area (Å²) >= 11 is 5.20. The minimum Gasteiger partial charge on any atom is -0.350 e. The average Bonchev–Trinajstić information content (AvgIpc) is 2.88. The average molecular weight is 511 g/mol. The first-order valence-corrected chi connectivity index (χ1v) is 11.2. The molecule has 0 aliphatic carbocycles. The number of hydrazine groups is 1. The van der Waals surface area contributed by atoms with Gasteiger partial charge in [0.1, 0.15) is 17.5 Å². The van der Waals surface area contributed by atoms with Crippen LogP contribution in [0.2, 0.25) is 0 Å². The number of nitrogens with one attached hydrogen (secondary N) is 5. The van der Waals surface area contributed by atoms with E-state index in [0.29, 0.717) is 13.1 Å². The molecule has 0 saturated carbocycles. The number of halogens is 3. The van der Waals surface area contributed by atoms with Crippen molar-refractivity contribution in [2.24, 2.45) is 0 Å². The molecule has 12 heteroatoms. The van der Waals surface area contributed by atoms with Crippen molar-refractivity contribution in [1.29, 1.82) is 0 Å². The summed E-state index contributed by atoms with van der Waals surface area (Å²) in [5.74, 6) is -0.541. The van der Waals surface area contributed by atoms with Crippen LogP contribution in [0.15, 0.2) is 72.8 Å². The summed E-state index contributed by atoms with van der Waals surface area (Å²) in [5, 5.41) is 8.94. The van der Waals surface area contributed by atoms with E-state index in [1.54, 1.807) is 42.5 Å². The molecule has 0 atom stereocenters. The van der Waals surface area contributed by atoms with Crippen molar-refractivity contribution in [1.82, 2.24) is 20.4 Å². The lowest BCUT2D eigenvalue weighted by Gasteiger charge is -2.14. The molecule has 0 spiro atoms. The lowest BCUT2D eigenvalue weighted by Crippen LogP contribution is -2.34. The number of hydrogen-bond acceptors (Lipinski definition) is 7. The van der Waals surface area contributed by atoms with Crippen LogP contribution in [0, 0.1) is 17.5 Å². The third-order valence-corrected chi connectivity index (χ3v) is 4.98. The highest BCUT2D eigenvalue weighted by Gasteiger charge is 2.09. The van der Waals surface area contributed by atoms with E-state index in [2.05, 4.69) is 41.8 Å². The zero-order chi connectivity index (χ0) is 25.3.